The molecule has 2 aliphatic carbocycles. The number of hydrogen-bond acceptors (Lipinski definition) is 0. The lowest BCUT2D eigenvalue weighted by atomic mass is 9.52. The lowest BCUT2D eigenvalue weighted by Crippen LogP contribution is -2.48. The van der Waals surface area contributed by atoms with Gasteiger partial charge >= 0.3 is 0 Å². The van der Waals surface area contributed by atoms with Crippen molar-refractivity contribution in [1.82, 2.24) is 0 Å². The van der Waals surface area contributed by atoms with Crippen LogP contribution < -0.4 is 0 Å². The van der Waals surface area contributed by atoms with Gasteiger partial charge in [-0.25, -0.2) is 0 Å². The lowest BCUT2D eigenvalue weighted by molar-refractivity contribution is 0.0550. The van der Waals surface area contributed by atoms with Crippen molar-refractivity contribution in [2.24, 2.45) is 17.8 Å². The molecule has 28 heavy (non-hydrogen) atoms. The first-order chi connectivity index (χ1) is 13.4. The summed E-state index contributed by atoms with van der Waals surface area (Å²) in [5.41, 5.74) is 6.27. The molecule has 0 nitrogen and oxygen atoms in total. The SMILES string of the molecule is CC(C)c1cccc(Cc2cccc(C3(C)C(C)CC4CC(I)CC3C4)c2)c1. The zero-order chi connectivity index (χ0) is 19.9. The van der Waals surface area contributed by atoms with Crippen LogP contribution in [0.25, 0.3) is 0 Å². The monoisotopic (exact) mass is 486 g/mol. The van der Waals surface area contributed by atoms with Gasteiger partial charge in [-0.15, -0.1) is 0 Å². The zero-order valence-corrected chi connectivity index (χ0v) is 20.1. The van der Waals surface area contributed by atoms with E-state index in [9.17, 15) is 0 Å². The van der Waals surface area contributed by atoms with E-state index in [4.69, 9.17) is 0 Å². The maximum Gasteiger partial charge on any atom is 0.0115 e. The minimum atomic E-state index is 0.329. The minimum absolute atomic E-state index is 0.329. The van der Waals surface area contributed by atoms with Crippen LogP contribution in [0.15, 0.2) is 48.5 Å². The van der Waals surface area contributed by atoms with Gasteiger partial charge in [0.1, 0.15) is 0 Å². The summed E-state index contributed by atoms with van der Waals surface area (Å²) in [6, 6.07) is 18.8. The summed E-state index contributed by atoms with van der Waals surface area (Å²) >= 11 is 2.72. The molecule has 0 spiro atoms. The van der Waals surface area contributed by atoms with Gasteiger partial charge in [-0.05, 0) is 83.4 Å². The molecule has 2 aromatic rings. The molecule has 0 aromatic heterocycles. The van der Waals surface area contributed by atoms with Crippen LogP contribution in [0, 0.1) is 17.8 Å². The van der Waals surface area contributed by atoms with E-state index in [1.807, 2.05) is 0 Å². The third-order valence-electron chi connectivity index (χ3n) is 7.88. The predicted octanol–water partition coefficient (Wildman–Crippen LogP) is 7.92. The van der Waals surface area contributed by atoms with E-state index in [0.717, 1.165) is 28.1 Å². The highest BCUT2D eigenvalue weighted by atomic mass is 127. The summed E-state index contributed by atoms with van der Waals surface area (Å²) in [6.07, 6.45) is 6.75. The van der Waals surface area contributed by atoms with Crippen LogP contribution >= 0.6 is 22.6 Å². The smallest absolute Gasteiger partial charge is 0.0115 e. The van der Waals surface area contributed by atoms with Crippen molar-refractivity contribution in [3.63, 3.8) is 0 Å². The third kappa shape index (κ3) is 3.93. The van der Waals surface area contributed by atoms with Crippen LogP contribution in [0.1, 0.15) is 81.5 Å². The Morgan fingerprint density at radius 1 is 0.964 bits per heavy atom. The molecule has 150 valence electrons. The molecule has 0 heterocycles. The second-order valence-electron chi connectivity index (χ2n) is 10.1. The van der Waals surface area contributed by atoms with Gasteiger partial charge in [0.15, 0.2) is 0 Å². The van der Waals surface area contributed by atoms with Gasteiger partial charge in [0, 0.05) is 3.92 Å². The summed E-state index contributed by atoms with van der Waals surface area (Å²) in [7, 11) is 0. The van der Waals surface area contributed by atoms with Gasteiger partial charge < -0.3 is 0 Å². The highest BCUT2D eigenvalue weighted by Crippen LogP contribution is 2.55. The Labute approximate surface area is 185 Å². The van der Waals surface area contributed by atoms with Crippen molar-refractivity contribution in [3.8, 4) is 0 Å². The van der Waals surface area contributed by atoms with Crippen molar-refractivity contribution in [1.29, 1.82) is 0 Å². The molecule has 1 heteroatoms. The Kier molecular flexibility index (Phi) is 5.93. The number of rotatable bonds is 4. The highest BCUT2D eigenvalue weighted by molar-refractivity contribution is 14.1. The fourth-order valence-electron chi connectivity index (χ4n) is 6.03. The summed E-state index contributed by atoms with van der Waals surface area (Å²) in [6.45, 7) is 9.66. The van der Waals surface area contributed by atoms with Gasteiger partial charge in [-0.1, -0.05) is 98.8 Å². The van der Waals surface area contributed by atoms with Gasteiger partial charge in [-0.3, -0.25) is 0 Å². The standard InChI is InChI=1S/C27H35I/c1-18(2)23-9-5-7-20(13-23)12-21-8-6-10-24(14-21)27(4)19(3)11-22-15-25(27)17-26(28)16-22/h5-10,13-14,18-19,22,25-26H,11-12,15-17H2,1-4H3. The zero-order valence-electron chi connectivity index (χ0n) is 17.9. The molecule has 2 aromatic carbocycles. The van der Waals surface area contributed by atoms with Crippen LogP contribution in [-0.2, 0) is 11.8 Å². The molecule has 5 atom stereocenters. The van der Waals surface area contributed by atoms with Gasteiger partial charge in [0.05, 0.1) is 0 Å². The molecular formula is C27H35I. The maximum atomic E-state index is 2.72. The lowest BCUT2D eigenvalue weighted by Gasteiger charge is -2.53. The second kappa shape index (κ2) is 8.13. The van der Waals surface area contributed by atoms with Crippen LogP contribution in [0.5, 0.6) is 0 Å². The quantitative estimate of drug-likeness (QED) is 0.304. The first kappa shape index (κ1) is 20.4. The summed E-state index contributed by atoms with van der Waals surface area (Å²) < 4.78 is 0.870. The molecule has 0 amide bonds. The van der Waals surface area contributed by atoms with E-state index in [0.29, 0.717) is 11.3 Å². The first-order valence-electron chi connectivity index (χ1n) is 11.2. The molecule has 2 aliphatic rings. The van der Waals surface area contributed by atoms with E-state index >= 15 is 0 Å². The average molecular weight is 486 g/mol. The second-order valence-corrected chi connectivity index (χ2v) is 11.8. The fraction of sp³-hybridized carbons (Fsp3) is 0.556. The first-order valence-corrected chi connectivity index (χ1v) is 12.4. The molecule has 0 saturated heterocycles. The predicted molar refractivity (Wildman–Crippen MR) is 130 cm³/mol. The number of alkyl halides is 1. The van der Waals surface area contributed by atoms with Crippen LogP contribution in [0.4, 0.5) is 0 Å². The van der Waals surface area contributed by atoms with Crippen LogP contribution in [-0.4, -0.2) is 3.92 Å². The normalized spacial score (nSPS) is 32.5. The minimum Gasteiger partial charge on any atom is -0.0826 e. The van der Waals surface area contributed by atoms with E-state index in [-0.39, 0.29) is 0 Å². The van der Waals surface area contributed by atoms with E-state index in [1.54, 1.807) is 5.56 Å². The molecule has 0 N–H and O–H groups in total. The van der Waals surface area contributed by atoms with Crippen molar-refractivity contribution >= 4 is 22.6 Å². The van der Waals surface area contributed by atoms with E-state index < -0.39 is 0 Å². The Morgan fingerprint density at radius 3 is 2.43 bits per heavy atom. The number of hydrogen-bond donors (Lipinski definition) is 0. The largest absolute Gasteiger partial charge is 0.0826 e. The Hall–Kier alpha value is -0.830. The average Bonchev–Trinajstić information content (AvgIpc) is 2.66. The molecule has 2 bridgehead atoms. The number of halogens is 1. The van der Waals surface area contributed by atoms with E-state index in [2.05, 4.69) is 98.8 Å². The fourth-order valence-corrected chi connectivity index (χ4v) is 7.36. The Bertz CT molecular complexity index is 819. The maximum absolute atomic E-state index is 2.72. The van der Waals surface area contributed by atoms with Crippen LogP contribution in [0.3, 0.4) is 0 Å². The molecule has 0 aliphatic heterocycles. The third-order valence-corrected chi connectivity index (χ3v) is 8.90. The molecule has 0 radical (unpaired) electrons. The molecule has 5 unspecified atom stereocenters. The molecule has 2 fully saturated rings. The number of fused-ring (bicyclic) bond motifs is 2. The van der Waals surface area contributed by atoms with Crippen molar-refractivity contribution < 1.29 is 0 Å². The molecule has 2 saturated carbocycles. The van der Waals surface area contributed by atoms with Crippen molar-refractivity contribution in [2.45, 2.75) is 75.1 Å². The highest BCUT2D eigenvalue weighted by Gasteiger charge is 2.48. The topological polar surface area (TPSA) is 0 Å². The Balaban J connectivity index is 1.62. The summed E-state index contributed by atoms with van der Waals surface area (Å²) in [5, 5.41) is 0. The van der Waals surface area contributed by atoms with Gasteiger partial charge in [0.25, 0.3) is 0 Å². The number of benzene rings is 2. The summed E-state index contributed by atoms with van der Waals surface area (Å²) in [4.78, 5) is 0. The van der Waals surface area contributed by atoms with Crippen molar-refractivity contribution in [3.05, 3.63) is 70.8 Å². The van der Waals surface area contributed by atoms with Crippen molar-refractivity contribution in [2.75, 3.05) is 0 Å². The van der Waals surface area contributed by atoms with E-state index in [1.165, 1.54) is 42.4 Å². The van der Waals surface area contributed by atoms with Gasteiger partial charge in [-0.2, -0.15) is 0 Å². The van der Waals surface area contributed by atoms with Gasteiger partial charge in [0.2, 0.25) is 0 Å². The van der Waals surface area contributed by atoms with Crippen LogP contribution in [0.2, 0.25) is 0 Å². The molecule has 4 rings (SSSR count). The summed E-state index contributed by atoms with van der Waals surface area (Å²) in [5.74, 6) is 3.18. The molecular weight excluding hydrogens is 451 g/mol. The Morgan fingerprint density at radius 2 is 1.68 bits per heavy atom.